The highest BCUT2D eigenvalue weighted by atomic mass is 16.5. The highest BCUT2D eigenvalue weighted by molar-refractivity contribution is 5.78. The first kappa shape index (κ1) is 17.8. The molecule has 0 saturated heterocycles. The molecule has 0 N–H and O–H groups in total. The minimum Gasteiger partial charge on any atom is -0.497 e. The Morgan fingerprint density at radius 2 is 1.86 bits per heavy atom. The minimum atomic E-state index is -0.385. The lowest BCUT2D eigenvalue weighted by Crippen LogP contribution is -2.15. The zero-order chi connectivity index (χ0) is 19.7. The van der Waals surface area contributed by atoms with Gasteiger partial charge < -0.3 is 18.4 Å². The topological polar surface area (TPSA) is 92.5 Å². The van der Waals surface area contributed by atoms with Gasteiger partial charge in [-0.2, -0.15) is 4.98 Å². The molecule has 2 aromatic carbocycles. The molecular formula is C20H19N3O5. The van der Waals surface area contributed by atoms with Crippen LogP contribution in [-0.2, 0) is 6.61 Å². The van der Waals surface area contributed by atoms with Gasteiger partial charge in [-0.25, -0.2) is 4.79 Å². The number of ether oxygens (including phenoxy) is 2. The van der Waals surface area contributed by atoms with Crippen LogP contribution in [0.4, 0.5) is 0 Å². The van der Waals surface area contributed by atoms with Gasteiger partial charge in [0.25, 0.3) is 5.89 Å². The van der Waals surface area contributed by atoms with Crippen LogP contribution in [0.2, 0.25) is 0 Å². The van der Waals surface area contributed by atoms with E-state index in [-0.39, 0.29) is 18.4 Å². The first-order valence-corrected chi connectivity index (χ1v) is 8.80. The molecule has 0 radical (unpaired) electrons. The molecule has 4 aromatic rings. The van der Waals surface area contributed by atoms with Crippen molar-refractivity contribution in [2.75, 3.05) is 7.11 Å². The number of hydrogen-bond donors (Lipinski definition) is 0. The minimum absolute atomic E-state index is 0.00600. The number of oxazole rings is 1. The maximum atomic E-state index is 12.0. The number of hydrogen-bond acceptors (Lipinski definition) is 7. The summed E-state index contributed by atoms with van der Waals surface area (Å²) in [6.45, 7) is 4.00. The lowest BCUT2D eigenvalue weighted by Gasteiger charge is -2.05. The van der Waals surface area contributed by atoms with Crippen LogP contribution in [0.5, 0.6) is 11.5 Å². The Morgan fingerprint density at radius 1 is 1.11 bits per heavy atom. The van der Waals surface area contributed by atoms with E-state index in [4.69, 9.17) is 18.4 Å². The van der Waals surface area contributed by atoms with Crippen LogP contribution in [0.1, 0.15) is 25.8 Å². The van der Waals surface area contributed by atoms with Crippen molar-refractivity contribution < 1.29 is 18.4 Å². The van der Waals surface area contributed by atoms with E-state index >= 15 is 0 Å². The summed E-state index contributed by atoms with van der Waals surface area (Å²) in [4.78, 5) is 16.4. The van der Waals surface area contributed by atoms with Crippen molar-refractivity contribution in [2.24, 2.45) is 0 Å². The number of benzene rings is 2. The highest BCUT2D eigenvalue weighted by Crippen LogP contribution is 2.24. The number of aromatic nitrogens is 3. The van der Waals surface area contributed by atoms with E-state index in [1.54, 1.807) is 42.0 Å². The van der Waals surface area contributed by atoms with Crippen molar-refractivity contribution in [1.29, 1.82) is 0 Å². The van der Waals surface area contributed by atoms with Gasteiger partial charge in [0.05, 0.1) is 12.6 Å². The molecule has 2 aromatic heterocycles. The summed E-state index contributed by atoms with van der Waals surface area (Å²) in [6.07, 6.45) is 0. The molecule has 0 aliphatic carbocycles. The van der Waals surface area contributed by atoms with Crippen molar-refractivity contribution in [3.63, 3.8) is 0 Å². The summed E-state index contributed by atoms with van der Waals surface area (Å²) >= 11 is 0. The molecule has 8 heteroatoms. The van der Waals surface area contributed by atoms with Crippen LogP contribution in [-0.4, -0.2) is 21.8 Å². The quantitative estimate of drug-likeness (QED) is 0.501. The molecule has 8 nitrogen and oxygen atoms in total. The summed E-state index contributed by atoms with van der Waals surface area (Å²) in [6, 6.07) is 12.6. The Bertz CT molecular complexity index is 1150. The van der Waals surface area contributed by atoms with E-state index in [0.29, 0.717) is 28.6 Å². The van der Waals surface area contributed by atoms with Gasteiger partial charge in [-0.1, -0.05) is 5.16 Å². The Hall–Kier alpha value is -3.55. The van der Waals surface area contributed by atoms with Gasteiger partial charge >= 0.3 is 5.76 Å². The van der Waals surface area contributed by atoms with Gasteiger partial charge in [-0.3, -0.25) is 4.57 Å². The van der Waals surface area contributed by atoms with Crippen molar-refractivity contribution in [2.45, 2.75) is 26.5 Å². The maximum absolute atomic E-state index is 12.0. The summed E-state index contributed by atoms with van der Waals surface area (Å²) < 4.78 is 22.9. The molecule has 4 rings (SSSR count). The Balaban J connectivity index is 1.52. The lowest BCUT2D eigenvalue weighted by atomic mass is 10.2. The Kier molecular flexibility index (Phi) is 4.60. The molecule has 0 saturated carbocycles. The summed E-state index contributed by atoms with van der Waals surface area (Å²) in [5.41, 5.74) is 1.91. The third kappa shape index (κ3) is 3.36. The summed E-state index contributed by atoms with van der Waals surface area (Å²) in [5, 5.41) is 3.98. The molecule has 0 atom stereocenters. The molecule has 28 heavy (non-hydrogen) atoms. The van der Waals surface area contributed by atoms with E-state index in [1.807, 2.05) is 26.0 Å². The van der Waals surface area contributed by atoms with Gasteiger partial charge in [0, 0.05) is 11.6 Å². The highest BCUT2D eigenvalue weighted by Gasteiger charge is 2.15. The number of nitrogens with zero attached hydrogens (tertiary/aromatic N) is 3. The standard InChI is InChI=1S/C20H19N3O5/c1-12(2)23-16-9-4-13(10-17(16)27-20(23)24)19-21-18(28-22-19)11-26-15-7-5-14(25-3)6-8-15/h4-10,12H,11H2,1-3H3. The molecule has 0 unspecified atom stereocenters. The van der Waals surface area contributed by atoms with Gasteiger partial charge in [0.15, 0.2) is 12.2 Å². The summed E-state index contributed by atoms with van der Waals surface area (Å²) in [7, 11) is 1.61. The van der Waals surface area contributed by atoms with Crippen LogP contribution in [0.15, 0.2) is 56.2 Å². The van der Waals surface area contributed by atoms with Crippen LogP contribution < -0.4 is 15.2 Å². The Labute approximate surface area is 160 Å². The van der Waals surface area contributed by atoms with Crippen molar-refractivity contribution in [3.8, 4) is 22.9 Å². The smallest absolute Gasteiger partial charge is 0.420 e. The molecule has 0 amide bonds. The first-order chi connectivity index (χ1) is 13.5. The fraction of sp³-hybridized carbons (Fsp3) is 0.250. The molecule has 0 fully saturated rings. The lowest BCUT2D eigenvalue weighted by molar-refractivity contribution is 0.242. The second kappa shape index (κ2) is 7.22. The van der Waals surface area contributed by atoms with Crippen LogP contribution in [0.3, 0.4) is 0 Å². The zero-order valence-corrected chi connectivity index (χ0v) is 15.7. The molecule has 144 valence electrons. The van der Waals surface area contributed by atoms with Crippen molar-refractivity contribution in [1.82, 2.24) is 14.7 Å². The average molecular weight is 381 g/mol. The third-order valence-electron chi connectivity index (χ3n) is 4.28. The predicted molar refractivity (Wildman–Crippen MR) is 101 cm³/mol. The van der Waals surface area contributed by atoms with Gasteiger partial charge in [-0.05, 0) is 56.3 Å². The van der Waals surface area contributed by atoms with E-state index in [1.165, 1.54) is 0 Å². The largest absolute Gasteiger partial charge is 0.497 e. The fourth-order valence-corrected chi connectivity index (χ4v) is 2.91. The van der Waals surface area contributed by atoms with Gasteiger partial charge in [-0.15, -0.1) is 0 Å². The van der Waals surface area contributed by atoms with E-state index in [9.17, 15) is 4.79 Å². The third-order valence-corrected chi connectivity index (χ3v) is 4.28. The second-order valence-corrected chi connectivity index (χ2v) is 6.49. The first-order valence-electron chi connectivity index (χ1n) is 8.80. The average Bonchev–Trinajstić information content (AvgIpc) is 3.29. The van der Waals surface area contributed by atoms with Gasteiger partial charge in [0.2, 0.25) is 5.82 Å². The predicted octanol–water partition coefficient (Wildman–Crippen LogP) is 3.81. The second-order valence-electron chi connectivity index (χ2n) is 6.49. The van der Waals surface area contributed by atoms with E-state index in [0.717, 1.165) is 11.3 Å². The SMILES string of the molecule is COc1ccc(OCc2nc(-c3ccc4c(c3)oc(=O)n4C(C)C)no2)cc1. The zero-order valence-electron chi connectivity index (χ0n) is 15.7. The van der Waals surface area contributed by atoms with E-state index in [2.05, 4.69) is 10.1 Å². The van der Waals surface area contributed by atoms with Gasteiger partial charge in [0.1, 0.15) is 11.5 Å². The molecular weight excluding hydrogens is 362 g/mol. The molecule has 0 bridgehead atoms. The normalized spacial score (nSPS) is 11.3. The number of methoxy groups -OCH3 is 1. The molecule has 0 aliphatic heterocycles. The van der Waals surface area contributed by atoms with E-state index < -0.39 is 0 Å². The van der Waals surface area contributed by atoms with Crippen LogP contribution in [0, 0.1) is 0 Å². The number of rotatable bonds is 6. The Morgan fingerprint density at radius 3 is 2.57 bits per heavy atom. The fourth-order valence-electron chi connectivity index (χ4n) is 2.91. The monoisotopic (exact) mass is 381 g/mol. The summed E-state index contributed by atoms with van der Waals surface area (Å²) in [5.74, 6) is 1.77. The van der Waals surface area contributed by atoms with Crippen molar-refractivity contribution in [3.05, 3.63) is 58.9 Å². The molecule has 0 aliphatic rings. The maximum Gasteiger partial charge on any atom is 0.420 e. The van der Waals surface area contributed by atoms with Crippen LogP contribution >= 0.6 is 0 Å². The van der Waals surface area contributed by atoms with Crippen molar-refractivity contribution >= 4 is 11.1 Å². The molecule has 2 heterocycles. The van der Waals surface area contributed by atoms with Crippen LogP contribution in [0.25, 0.3) is 22.5 Å². The number of fused-ring (bicyclic) bond motifs is 1. The molecule has 0 spiro atoms.